The highest BCUT2D eigenvalue weighted by molar-refractivity contribution is 4.84. The Labute approximate surface area is 224 Å². The third kappa shape index (κ3) is 8.66. The van der Waals surface area contributed by atoms with Crippen LogP contribution in [0.15, 0.2) is 0 Å². The standard InChI is InChI=1S/C31H61N5/c1-3-33(28-12-8-13-28)24-20-32-21-25-35(30-16-10-17-30)22-6-5-7-23-36(31-18-11-19-31)27-26-34(4-2)29-14-9-15-29/h28-32H,3-27H2,1-2H3. The molecule has 1 N–H and O–H groups in total. The summed E-state index contributed by atoms with van der Waals surface area (Å²) in [6.45, 7) is 17.3. The first-order valence-corrected chi connectivity index (χ1v) is 16.4. The summed E-state index contributed by atoms with van der Waals surface area (Å²) in [5.41, 5.74) is 0. The summed E-state index contributed by atoms with van der Waals surface area (Å²) >= 11 is 0. The monoisotopic (exact) mass is 503 g/mol. The molecule has 5 heteroatoms. The topological polar surface area (TPSA) is 25.0 Å². The minimum absolute atomic E-state index is 0.881. The Balaban J connectivity index is 1.08. The Bertz CT molecular complexity index is 569. The van der Waals surface area contributed by atoms with E-state index >= 15 is 0 Å². The number of likely N-dealkylation sites (N-methyl/N-ethyl adjacent to an activating group) is 2. The summed E-state index contributed by atoms with van der Waals surface area (Å²) in [4.78, 5) is 11.2. The van der Waals surface area contributed by atoms with Gasteiger partial charge in [-0.05, 0) is 90.4 Å². The minimum atomic E-state index is 0.881. The fourth-order valence-electron chi connectivity index (χ4n) is 6.79. The molecule has 0 aromatic carbocycles. The van der Waals surface area contributed by atoms with E-state index < -0.39 is 0 Å². The van der Waals surface area contributed by atoms with Gasteiger partial charge in [0.15, 0.2) is 0 Å². The quantitative estimate of drug-likeness (QED) is 0.217. The summed E-state index contributed by atoms with van der Waals surface area (Å²) in [6, 6.07) is 3.57. The van der Waals surface area contributed by atoms with Gasteiger partial charge in [0.05, 0.1) is 0 Å². The van der Waals surface area contributed by atoms with Gasteiger partial charge in [-0.3, -0.25) is 19.6 Å². The molecular formula is C31H61N5. The van der Waals surface area contributed by atoms with Crippen LogP contribution in [-0.2, 0) is 0 Å². The predicted molar refractivity (Wildman–Crippen MR) is 155 cm³/mol. The molecule has 0 radical (unpaired) electrons. The lowest BCUT2D eigenvalue weighted by atomic mass is 9.90. The van der Waals surface area contributed by atoms with Gasteiger partial charge >= 0.3 is 0 Å². The Morgan fingerprint density at radius 2 is 0.806 bits per heavy atom. The van der Waals surface area contributed by atoms with Crippen molar-refractivity contribution in [3.8, 4) is 0 Å². The van der Waals surface area contributed by atoms with E-state index in [9.17, 15) is 0 Å². The van der Waals surface area contributed by atoms with Crippen molar-refractivity contribution in [3.05, 3.63) is 0 Å². The summed E-state index contributed by atoms with van der Waals surface area (Å²) in [7, 11) is 0. The third-order valence-corrected chi connectivity index (χ3v) is 10.4. The molecule has 0 aromatic heterocycles. The number of hydrogen-bond acceptors (Lipinski definition) is 5. The maximum Gasteiger partial charge on any atom is 0.0112 e. The predicted octanol–water partition coefficient (Wildman–Crippen LogP) is 5.20. The fourth-order valence-corrected chi connectivity index (χ4v) is 6.79. The van der Waals surface area contributed by atoms with Gasteiger partial charge in [-0.25, -0.2) is 0 Å². The molecule has 4 saturated carbocycles. The molecule has 36 heavy (non-hydrogen) atoms. The number of nitrogens with zero attached hydrogens (tertiary/aromatic N) is 4. The Morgan fingerprint density at radius 3 is 1.22 bits per heavy atom. The van der Waals surface area contributed by atoms with E-state index in [2.05, 4.69) is 38.8 Å². The summed E-state index contributed by atoms with van der Waals surface area (Å²) in [5, 5.41) is 3.78. The van der Waals surface area contributed by atoms with Crippen molar-refractivity contribution in [2.24, 2.45) is 0 Å². The largest absolute Gasteiger partial charge is 0.314 e. The fraction of sp³-hybridized carbons (Fsp3) is 1.00. The second-order valence-electron chi connectivity index (χ2n) is 12.5. The van der Waals surface area contributed by atoms with Gasteiger partial charge in [0.2, 0.25) is 0 Å². The molecule has 0 unspecified atom stereocenters. The average Bonchev–Trinajstić information content (AvgIpc) is 2.74. The van der Waals surface area contributed by atoms with Crippen LogP contribution < -0.4 is 5.32 Å². The summed E-state index contributed by atoms with van der Waals surface area (Å²) in [5.74, 6) is 0. The molecule has 0 atom stereocenters. The maximum absolute atomic E-state index is 3.78. The van der Waals surface area contributed by atoms with Crippen molar-refractivity contribution < 1.29 is 0 Å². The molecule has 0 heterocycles. The molecular weight excluding hydrogens is 442 g/mol. The van der Waals surface area contributed by atoms with Gasteiger partial charge in [-0.15, -0.1) is 0 Å². The molecule has 0 aromatic rings. The first-order chi connectivity index (χ1) is 17.8. The second-order valence-corrected chi connectivity index (χ2v) is 12.5. The highest BCUT2D eigenvalue weighted by Gasteiger charge is 2.28. The first-order valence-electron chi connectivity index (χ1n) is 16.4. The van der Waals surface area contributed by atoms with Crippen molar-refractivity contribution in [2.45, 2.75) is 134 Å². The molecule has 210 valence electrons. The second kappa shape index (κ2) is 16.0. The van der Waals surface area contributed by atoms with Crippen LogP contribution in [-0.4, -0.2) is 109 Å². The maximum atomic E-state index is 3.78. The Morgan fingerprint density at radius 1 is 0.444 bits per heavy atom. The van der Waals surface area contributed by atoms with Gasteiger partial charge in [0, 0.05) is 63.4 Å². The van der Waals surface area contributed by atoms with Gasteiger partial charge in [0.1, 0.15) is 0 Å². The number of rotatable bonds is 21. The van der Waals surface area contributed by atoms with Crippen molar-refractivity contribution >= 4 is 0 Å². The highest BCUT2D eigenvalue weighted by atomic mass is 15.2. The molecule has 4 aliphatic rings. The van der Waals surface area contributed by atoms with Gasteiger partial charge in [-0.1, -0.05) is 46.0 Å². The SMILES string of the molecule is CCN(CCNCCN(CCCCCN(CCN(CC)C1CCC1)C1CCC1)C1CCC1)C1CCC1. The minimum Gasteiger partial charge on any atom is -0.314 e. The van der Waals surface area contributed by atoms with Crippen molar-refractivity contribution in [1.29, 1.82) is 0 Å². The number of hydrogen-bond donors (Lipinski definition) is 1. The molecule has 5 nitrogen and oxygen atoms in total. The van der Waals surface area contributed by atoms with Gasteiger partial charge in [-0.2, -0.15) is 0 Å². The van der Waals surface area contributed by atoms with Crippen LogP contribution in [0.4, 0.5) is 0 Å². The normalized spacial score (nSPS) is 21.8. The molecule has 0 spiro atoms. The Kier molecular flexibility index (Phi) is 12.8. The van der Waals surface area contributed by atoms with E-state index in [1.807, 2.05) is 0 Å². The zero-order chi connectivity index (χ0) is 25.0. The van der Waals surface area contributed by atoms with Crippen LogP contribution in [0.5, 0.6) is 0 Å². The summed E-state index contributed by atoms with van der Waals surface area (Å²) < 4.78 is 0. The lowest BCUT2D eigenvalue weighted by Crippen LogP contribution is -2.48. The molecule has 0 aliphatic heterocycles. The zero-order valence-electron chi connectivity index (χ0n) is 24.3. The third-order valence-electron chi connectivity index (χ3n) is 10.4. The van der Waals surface area contributed by atoms with Gasteiger partial charge < -0.3 is 5.32 Å². The lowest BCUT2D eigenvalue weighted by molar-refractivity contribution is 0.0775. The molecule has 0 saturated heterocycles. The molecule has 4 aliphatic carbocycles. The average molecular weight is 504 g/mol. The van der Waals surface area contributed by atoms with Crippen LogP contribution in [0.2, 0.25) is 0 Å². The van der Waals surface area contributed by atoms with Crippen LogP contribution in [0.1, 0.15) is 110 Å². The summed E-state index contributed by atoms with van der Waals surface area (Å²) in [6.07, 6.45) is 21.6. The first kappa shape index (κ1) is 28.8. The molecule has 0 amide bonds. The van der Waals surface area contributed by atoms with E-state index in [1.165, 1.54) is 155 Å². The van der Waals surface area contributed by atoms with Crippen molar-refractivity contribution in [1.82, 2.24) is 24.9 Å². The zero-order valence-corrected chi connectivity index (χ0v) is 24.3. The van der Waals surface area contributed by atoms with E-state index in [-0.39, 0.29) is 0 Å². The van der Waals surface area contributed by atoms with E-state index in [0.29, 0.717) is 0 Å². The van der Waals surface area contributed by atoms with Gasteiger partial charge in [0.25, 0.3) is 0 Å². The molecule has 0 bridgehead atoms. The smallest absolute Gasteiger partial charge is 0.0112 e. The molecule has 4 fully saturated rings. The van der Waals surface area contributed by atoms with Crippen LogP contribution in [0.3, 0.4) is 0 Å². The lowest BCUT2D eigenvalue weighted by Gasteiger charge is -2.41. The van der Waals surface area contributed by atoms with E-state index in [0.717, 1.165) is 30.7 Å². The highest BCUT2D eigenvalue weighted by Crippen LogP contribution is 2.28. The van der Waals surface area contributed by atoms with Crippen LogP contribution >= 0.6 is 0 Å². The van der Waals surface area contributed by atoms with Crippen molar-refractivity contribution in [2.75, 3.05) is 65.4 Å². The van der Waals surface area contributed by atoms with Crippen LogP contribution in [0, 0.1) is 0 Å². The Hall–Kier alpha value is -0.200. The number of nitrogens with one attached hydrogen (secondary N) is 1. The van der Waals surface area contributed by atoms with E-state index in [1.54, 1.807) is 0 Å². The molecule has 4 rings (SSSR count). The van der Waals surface area contributed by atoms with Crippen LogP contribution in [0.25, 0.3) is 0 Å². The van der Waals surface area contributed by atoms with Crippen molar-refractivity contribution in [3.63, 3.8) is 0 Å². The van der Waals surface area contributed by atoms with E-state index in [4.69, 9.17) is 0 Å². The number of unbranched alkanes of at least 4 members (excludes halogenated alkanes) is 2.